The smallest absolute Gasteiger partial charge is 0.227 e. The van der Waals surface area contributed by atoms with Crippen molar-refractivity contribution in [3.63, 3.8) is 0 Å². The molecule has 0 unspecified atom stereocenters. The molecule has 2 atom stereocenters. The molecule has 1 aromatic heterocycles. The minimum Gasteiger partial charge on any atom is -0.342 e. The number of rotatable bonds is 4. The normalized spacial score (nSPS) is 18.6. The number of likely N-dealkylation sites (tertiary alicyclic amines) is 1. The van der Waals surface area contributed by atoms with Crippen molar-refractivity contribution >= 4 is 17.5 Å². The van der Waals surface area contributed by atoms with Crippen LogP contribution in [0.2, 0.25) is 5.02 Å². The van der Waals surface area contributed by atoms with Gasteiger partial charge in [-0.05, 0) is 64.2 Å². The molecule has 27 heavy (non-hydrogen) atoms. The number of benzene rings is 1. The Hall–Kier alpha value is -1.85. The summed E-state index contributed by atoms with van der Waals surface area (Å²) in [6, 6.07) is 6.03. The fourth-order valence-electron chi connectivity index (χ4n) is 3.82. The van der Waals surface area contributed by atoms with E-state index in [2.05, 4.69) is 5.10 Å². The largest absolute Gasteiger partial charge is 0.342 e. The summed E-state index contributed by atoms with van der Waals surface area (Å²) in [6.07, 6.45) is 2.51. The molecule has 1 saturated heterocycles. The summed E-state index contributed by atoms with van der Waals surface area (Å²) >= 11 is 6.28. The SMILES string of the molecule is Cc1ccc(-n2nc(C)c(CC(=O)N3CCC[C@H]([C@@H](C)N)C3)c2C)cc1Cl. The van der Waals surface area contributed by atoms with Crippen LogP contribution in [0.15, 0.2) is 18.2 Å². The van der Waals surface area contributed by atoms with Crippen molar-refractivity contribution in [1.82, 2.24) is 14.7 Å². The predicted octanol–water partition coefficient (Wildman–Crippen LogP) is 3.58. The summed E-state index contributed by atoms with van der Waals surface area (Å²) in [6.45, 7) is 9.56. The number of hydrogen-bond acceptors (Lipinski definition) is 3. The maximum atomic E-state index is 12.9. The van der Waals surface area contributed by atoms with Crippen LogP contribution in [-0.4, -0.2) is 39.7 Å². The summed E-state index contributed by atoms with van der Waals surface area (Å²) in [5, 5.41) is 5.38. The number of aromatic nitrogens is 2. The first-order chi connectivity index (χ1) is 12.8. The molecule has 1 aliphatic rings. The van der Waals surface area contributed by atoms with Crippen molar-refractivity contribution in [3.05, 3.63) is 45.7 Å². The molecule has 146 valence electrons. The molecule has 3 rings (SSSR count). The van der Waals surface area contributed by atoms with Crippen LogP contribution in [0.4, 0.5) is 0 Å². The molecule has 6 heteroatoms. The molecule has 2 N–H and O–H groups in total. The lowest BCUT2D eigenvalue weighted by Gasteiger charge is -2.34. The van der Waals surface area contributed by atoms with Gasteiger partial charge in [0.25, 0.3) is 0 Å². The lowest BCUT2D eigenvalue weighted by Crippen LogP contribution is -2.45. The zero-order valence-corrected chi connectivity index (χ0v) is 17.4. The van der Waals surface area contributed by atoms with Crippen molar-refractivity contribution < 1.29 is 4.79 Å². The highest BCUT2D eigenvalue weighted by molar-refractivity contribution is 6.31. The van der Waals surface area contributed by atoms with Crippen LogP contribution in [0.1, 0.15) is 42.3 Å². The number of halogens is 1. The molecule has 1 amide bonds. The highest BCUT2D eigenvalue weighted by atomic mass is 35.5. The van der Waals surface area contributed by atoms with Crippen LogP contribution in [0.3, 0.4) is 0 Å². The summed E-state index contributed by atoms with van der Waals surface area (Å²) in [5.74, 6) is 0.551. The molecular formula is C21H29ClN4O. The van der Waals surface area contributed by atoms with Gasteiger partial charge in [0, 0.05) is 35.4 Å². The van der Waals surface area contributed by atoms with Gasteiger partial charge < -0.3 is 10.6 Å². The first-order valence-electron chi connectivity index (χ1n) is 9.63. The molecule has 0 saturated carbocycles. The Morgan fingerprint density at radius 2 is 2.11 bits per heavy atom. The second-order valence-corrected chi connectivity index (χ2v) is 8.18. The number of carbonyl (C=O) groups excluding carboxylic acids is 1. The number of amides is 1. The third-order valence-corrected chi connectivity index (χ3v) is 6.13. The molecule has 0 radical (unpaired) electrons. The monoisotopic (exact) mass is 388 g/mol. The summed E-state index contributed by atoms with van der Waals surface area (Å²) in [4.78, 5) is 14.9. The number of nitrogens with zero attached hydrogens (tertiary/aromatic N) is 3. The van der Waals surface area contributed by atoms with E-state index in [1.54, 1.807) is 0 Å². The second kappa shape index (κ2) is 8.03. The Morgan fingerprint density at radius 3 is 2.78 bits per heavy atom. The van der Waals surface area contributed by atoms with Gasteiger partial charge >= 0.3 is 0 Å². The average molecular weight is 389 g/mol. The van der Waals surface area contributed by atoms with Crippen LogP contribution < -0.4 is 5.73 Å². The van der Waals surface area contributed by atoms with Crippen molar-refractivity contribution in [3.8, 4) is 5.69 Å². The Bertz CT molecular complexity index is 843. The van der Waals surface area contributed by atoms with E-state index in [0.29, 0.717) is 17.4 Å². The third-order valence-electron chi connectivity index (χ3n) is 5.72. The minimum absolute atomic E-state index is 0.123. The first kappa shape index (κ1) is 19.9. The van der Waals surface area contributed by atoms with Crippen LogP contribution in [-0.2, 0) is 11.2 Å². The fourth-order valence-corrected chi connectivity index (χ4v) is 4.00. The molecule has 0 bridgehead atoms. The van der Waals surface area contributed by atoms with E-state index in [-0.39, 0.29) is 11.9 Å². The van der Waals surface area contributed by atoms with E-state index in [9.17, 15) is 4.79 Å². The van der Waals surface area contributed by atoms with Gasteiger partial charge in [0.05, 0.1) is 17.8 Å². The fraction of sp³-hybridized carbons (Fsp3) is 0.524. The van der Waals surface area contributed by atoms with Crippen LogP contribution >= 0.6 is 11.6 Å². The lowest BCUT2D eigenvalue weighted by molar-refractivity contribution is -0.132. The van der Waals surface area contributed by atoms with Gasteiger partial charge in [-0.3, -0.25) is 4.79 Å². The standard InChI is InChI=1S/C21H29ClN4O/c1-13-7-8-18(10-20(13)22)26-16(4)19(15(3)24-26)11-21(27)25-9-5-6-17(12-25)14(2)23/h7-8,10,14,17H,5-6,9,11-12,23H2,1-4H3/t14-,17+/m1/s1. The van der Waals surface area contributed by atoms with Crippen molar-refractivity contribution in [2.75, 3.05) is 13.1 Å². The molecule has 5 nitrogen and oxygen atoms in total. The zero-order chi connectivity index (χ0) is 19.7. The number of aryl methyl sites for hydroxylation is 2. The van der Waals surface area contributed by atoms with Gasteiger partial charge in [0.1, 0.15) is 0 Å². The van der Waals surface area contributed by atoms with Gasteiger partial charge in [-0.15, -0.1) is 0 Å². The Labute approximate surface area is 166 Å². The third kappa shape index (κ3) is 4.19. The van der Waals surface area contributed by atoms with E-state index in [1.807, 2.05) is 55.5 Å². The van der Waals surface area contributed by atoms with Crippen LogP contribution in [0.5, 0.6) is 0 Å². The molecule has 0 spiro atoms. The maximum absolute atomic E-state index is 12.9. The number of hydrogen-bond donors (Lipinski definition) is 1. The van der Waals surface area contributed by atoms with Crippen LogP contribution in [0.25, 0.3) is 5.69 Å². The Kier molecular flexibility index (Phi) is 5.92. The molecule has 1 fully saturated rings. The number of carbonyl (C=O) groups is 1. The summed E-state index contributed by atoms with van der Waals surface area (Å²) in [7, 11) is 0. The van der Waals surface area contributed by atoms with E-state index < -0.39 is 0 Å². The Morgan fingerprint density at radius 1 is 1.37 bits per heavy atom. The molecule has 0 aliphatic carbocycles. The van der Waals surface area contributed by atoms with Gasteiger partial charge in [0.2, 0.25) is 5.91 Å². The number of piperidine rings is 1. The number of nitrogens with two attached hydrogens (primary N) is 1. The van der Waals surface area contributed by atoms with Gasteiger partial charge in [-0.25, -0.2) is 4.68 Å². The summed E-state index contributed by atoms with van der Waals surface area (Å²) < 4.78 is 1.88. The first-order valence-corrected chi connectivity index (χ1v) is 10.0. The van der Waals surface area contributed by atoms with E-state index in [4.69, 9.17) is 17.3 Å². The zero-order valence-electron chi connectivity index (χ0n) is 16.6. The topological polar surface area (TPSA) is 64.2 Å². The van der Waals surface area contributed by atoms with E-state index >= 15 is 0 Å². The molecule has 1 aromatic carbocycles. The second-order valence-electron chi connectivity index (χ2n) is 7.77. The van der Waals surface area contributed by atoms with Gasteiger partial charge in [-0.1, -0.05) is 17.7 Å². The highest BCUT2D eigenvalue weighted by Crippen LogP contribution is 2.24. The lowest BCUT2D eigenvalue weighted by atomic mass is 9.92. The van der Waals surface area contributed by atoms with Crippen molar-refractivity contribution in [2.45, 2.75) is 53.0 Å². The van der Waals surface area contributed by atoms with Crippen LogP contribution in [0, 0.1) is 26.7 Å². The predicted molar refractivity (Wildman–Crippen MR) is 109 cm³/mol. The molecule has 2 aromatic rings. The maximum Gasteiger partial charge on any atom is 0.227 e. The van der Waals surface area contributed by atoms with E-state index in [0.717, 1.165) is 54.1 Å². The van der Waals surface area contributed by atoms with Gasteiger partial charge in [-0.2, -0.15) is 5.10 Å². The average Bonchev–Trinajstić information content (AvgIpc) is 2.92. The minimum atomic E-state index is 0.123. The quantitative estimate of drug-likeness (QED) is 0.870. The molecule has 1 aliphatic heterocycles. The highest BCUT2D eigenvalue weighted by Gasteiger charge is 2.27. The Balaban J connectivity index is 1.80. The molecular weight excluding hydrogens is 360 g/mol. The van der Waals surface area contributed by atoms with Crippen molar-refractivity contribution in [2.24, 2.45) is 11.7 Å². The van der Waals surface area contributed by atoms with E-state index in [1.165, 1.54) is 0 Å². The summed E-state index contributed by atoms with van der Waals surface area (Å²) in [5.41, 5.74) is 10.9. The molecule has 2 heterocycles. The van der Waals surface area contributed by atoms with Crippen molar-refractivity contribution in [1.29, 1.82) is 0 Å². The van der Waals surface area contributed by atoms with Gasteiger partial charge in [0.15, 0.2) is 0 Å².